The smallest absolute Gasteiger partial charge is 0.264 e. The van der Waals surface area contributed by atoms with Crippen molar-refractivity contribution in [3.05, 3.63) is 39.2 Å². The summed E-state index contributed by atoms with van der Waals surface area (Å²) in [5.41, 5.74) is 0.975. The first-order chi connectivity index (χ1) is 13.0. The molecular weight excluding hydrogens is 378 g/mol. The van der Waals surface area contributed by atoms with E-state index >= 15 is 0 Å². The Hall–Kier alpha value is -2.03. The minimum absolute atomic E-state index is 0.115. The summed E-state index contributed by atoms with van der Waals surface area (Å²) in [6.45, 7) is 4.32. The van der Waals surface area contributed by atoms with Gasteiger partial charge in [0.05, 0.1) is 16.8 Å². The summed E-state index contributed by atoms with van der Waals surface area (Å²) in [6, 6.07) is 4.58. The van der Waals surface area contributed by atoms with Gasteiger partial charge in [-0.3, -0.25) is 4.79 Å². The number of aryl methyl sites for hydroxylation is 1. The van der Waals surface area contributed by atoms with E-state index in [1.54, 1.807) is 17.7 Å². The van der Waals surface area contributed by atoms with Gasteiger partial charge in [-0.2, -0.15) is 0 Å². The number of hydrogen-bond donors (Lipinski definition) is 1. The van der Waals surface area contributed by atoms with Crippen LogP contribution in [0.2, 0.25) is 0 Å². The molecule has 1 fully saturated rings. The van der Waals surface area contributed by atoms with Crippen LogP contribution in [0.5, 0.6) is 0 Å². The SMILES string of the molecule is Cc1c(C(=O)N2CCC(N(C)C)C2)sc2ncnc(NCc3cccs3)c12. The molecular formula is C19H23N5OS2. The van der Waals surface area contributed by atoms with E-state index in [1.165, 1.54) is 16.2 Å². The molecule has 1 amide bonds. The van der Waals surface area contributed by atoms with Crippen LogP contribution in [0.15, 0.2) is 23.8 Å². The number of aromatic nitrogens is 2. The van der Waals surface area contributed by atoms with Crippen LogP contribution in [0.25, 0.3) is 10.2 Å². The van der Waals surface area contributed by atoms with Gasteiger partial charge >= 0.3 is 0 Å². The van der Waals surface area contributed by atoms with E-state index in [2.05, 4.69) is 45.7 Å². The van der Waals surface area contributed by atoms with E-state index in [0.717, 1.165) is 52.5 Å². The summed E-state index contributed by atoms with van der Waals surface area (Å²) < 4.78 is 0. The third kappa shape index (κ3) is 3.56. The molecule has 3 aromatic rings. The molecule has 142 valence electrons. The van der Waals surface area contributed by atoms with Gasteiger partial charge in [-0.25, -0.2) is 9.97 Å². The van der Waals surface area contributed by atoms with Crippen LogP contribution in [0.4, 0.5) is 5.82 Å². The summed E-state index contributed by atoms with van der Waals surface area (Å²) in [5.74, 6) is 0.915. The molecule has 1 N–H and O–H groups in total. The van der Waals surface area contributed by atoms with Gasteiger partial charge in [-0.15, -0.1) is 22.7 Å². The maximum absolute atomic E-state index is 13.1. The summed E-state index contributed by atoms with van der Waals surface area (Å²) in [6.07, 6.45) is 2.59. The monoisotopic (exact) mass is 401 g/mol. The number of thiophene rings is 2. The predicted octanol–water partition coefficient (Wildman–Crippen LogP) is 3.45. The average molecular weight is 402 g/mol. The highest BCUT2D eigenvalue weighted by Crippen LogP contribution is 2.35. The summed E-state index contributed by atoms with van der Waals surface area (Å²) in [5, 5.41) is 6.44. The summed E-state index contributed by atoms with van der Waals surface area (Å²) in [4.78, 5) is 29.0. The largest absolute Gasteiger partial charge is 0.365 e. The lowest BCUT2D eigenvalue weighted by atomic mass is 10.2. The van der Waals surface area contributed by atoms with Crippen molar-refractivity contribution in [2.45, 2.75) is 25.9 Å². The normalized spacial score (nSPS) is 17.2. The predicted molar refractivity (Wildman–Crippen MR) is 112 cm³/mol. The first kappa shape index (κ1) is 18.3. The van der Waals surface area contributed by atoms with Gasteiger partial charge in [0.15, 0.2) is 0 Å². The molecule has 8 heteroatoms. The zero-order valence-electron chi connectivity index (χ0n) is 15.7. The third-order valence-electron chi connectivity index (χ3n) is 5.11. The van der Waals surface area contributed by atoms with E-state index in [1.807, 2.05) is 17.9 Å². The van der Waals surface area contributed by atoms with E-state index in [9.17, 15) is 4.79 Å². The second-order valence-corrected chi connectivity index (χ2v) is 9.08. The Balaban J connectivity index is 1.60. The van der Waals surface area contributed by atoms with Crippen molar-refractivity contribution < 1.29 is 4.79 Å². The number of likely N-dealkylation sites (tertiary alicyclic amines) is 1. The minimum Gasteiger partial charge on any atom is -0.365 e. The fourth-order valence-corrected chi connectivity index (χ4v) is 5.25. The molecule has 4 heterocycles. The quantitative estimate of drug-likeness (QED) is 0.710. The number of hydrogen-bond acceptors (Lipinski definition) is 7. The van der Waals surface area contributed by atoms with Crippen molar-refractivity contribution in [2.24, 2.45) is 0 Å². The molecule has 0 saturated carbocycles. The molecule has 0 aromatic carbocycles. The number of rotatable bonds is 5. The van der Waals surface area contributed by atoms with Crippen LogP contribution in [-0.4, -0.2) is 58.9 Å². The van der Waals surface area contributed by atoms with E-state index < -0.39 is 0 Å². The zero-order chi connectivity index (χ0) is 19.0. The number of fused-ring (bicyclic) bond motifs is 1. The van der Waals surface area contributed by atoms with Crippen molar-refractivity contribution >= 4 is 44.6 Å². The number of amides is 1. The van der Waals surface area contributed by atoms with E-state index in [-0.39, 0.29) is 5.91 Å². The second-order valence-electron chi connectivity index (χ2n) is 7.05. The first-order valence-corrected chi connectivity index (χ1v) is 10.7. The molecule has 1 atom stereocenters. The zero-order valence-corrected chi connectivity index (χ0v) is 17.4. The van der Waals surface area contributed by atoms with Crippen LogP contribution in [-0.2, 0) is 6.54 Å². The average Bonchev–Trinajstić information content (AvgIpc) is 3.40. The summed E-state index contributed by atoms with van der Waals surface area (Å²) >= 11 is 3.19. The maximum atomic E-state index is 13.1. The fraction of sp³-hybridized carbons (Fsp3) is 0.421. The van der Waals surface area contributed by atoms with Crippen LogP contribution in [0.3, 0.4) is 0 Å². The molecule has 0 radical (unpaired) electrons. The lowest BCUT2D eigenvalue weighted by Crippen LogP contribution is -2.34. The Morgan fingerprint density at radius 3 is 2.96 bits per heavy atom. The van der Waals surface area contributed by atoms with Gasteiger partial charge in [0.2, 0.25) is 0 Å². The van der Waals surface area contributed by atoms with Crippen LogP contribution in [0.1, 0.15) is 26.5 Å². The fourth-order valence-electron chi connectivity index (χ4n) is 3.49. The van der Waals surface area contributed by atoms with E-state index in [0.29, 0.717) is 6.04 Å². The highest BCUT2D eigenvalue weighted by atomic mass is 32.1. The Bertz CT molecular complexity index is 951. The molecule has 27 heavy (non-hydrogen) atoms. The van der Waals surface area contributed by atoms with Crippen molar-refractivity contribution in [1.82, 2.24) is 19.8 Å². The molecule has 4 rings (SSSR count). The van der Waals surface area contributed by atoms with Gasteiger partial charge in [-0.05, 0) is 44.4 Å². The molecule has 0 aliphatic carbocycles. The number of carbonyl (C=O) groups is 1. The second kappa shape index (κ2) is 7.53. The van der Waals surface area contributed by atoms with Gasteiger partial charge < -0.3 is 15.1 Å². The highest BCUT2D eigenvalue weighted by molar-refractivity contribution is 7.20. The van der Waals surface area contributed by atoms with E-state index in [4.69, 9.17) is 0 Å². The minimum atomic E-state index is 0.115. The lowest BCUT2D eigenvalue weighted by Gasteiger charge is -2.20. The van der Waals surface area contributed by atoms with Crippen LogP contribution < -0.4 is 5.32 Å². The highest BCUT2D eigenvalue weighted by Gasteiger charge is 2.30. The first-order valence-electron chi connectivity index (χ1n) is 9.00. The molecule has 0 bridgehead atoms. The van der Waals surface area contributed by atoms with Crippen LogP contribution in [0, 0.1) is 6.92 Å². The molecule has 0 spiro atoms. The number of likely N-dealkylation sites (N-methyl/N-ethyl adjacent to an activating group) is 1. The third-order valence-corrected chi connectivity index (χ3v) is 7.18. The number of carbonyl (C=O) groups excluding carboxylic acids is 1. The Morgan fingerprint density at radius 1 is 1.41 bits per heavy atom. The topological polar surface area (TPSA) is 61.4 Å². The molecule has 1 saturated heterocycles. The molecule has 6 nitrogen and oxygen atoms in total. The van der Waals surface area contributed by atoms with Crippen molar-refractivity contribution in [3.63, 3.8) is 0 Å². The van der Waals surface area contributed by atoms with Gasteiger partial charge in [0.25, 0.3) is 5.91 Å². The molecule has 1 unspecified atom stereocenters. The number of nitrogens with one attached hydrogen (secondary N) is 1. The molecule has 1 aliphatic rings. The van der Waals surface area contributed by atoms with Gasteiger partial charge in [0, 0.05) is 24.0 Å². The van der Waals surface area contributed by atoms with Crippen LogP contribution >= 0.6 is 22.7 Å². The Kier molecular flexibility index (Phi) is 5.12. The van der Waals surface area contributed by atoms with Gasteiger partial charge in [-0.1, -0.05) is 6.07 Å². The number of anilines is 1. The Labute approximate surface area is 166 Å². The molecule has 3 aromatic heterocycles. The van der Waals surface area contributed by atoms with Crippen molar-refractivity contribution in [2.75, 3.05) is 32.5 Å². The van der Waals surface area contributed by atoms with Crippen molar-refractivity contribution in [1.29, 1.82) is 0 Å². The lowest BCUT2D eigenvalue weighted by molar-refractivity contribution is 0.0787. The van der Waals surface area contributed by atoms with Gasteiger partial charge in [0.1, 0.15) is 17.0 Å². The number of nitrogens with zero attached hydrogens (tertiary/aromatic N) is 4. The molecule has 1 aliphatic heterocycles. The Morgan fingerprint density at radius 2 is 2.26 bits per heavy atom. The summed E-state index contributed by atoms with van der Waals surface area (Å²) in [7, 11) is 4.15. The van der Waals surface area contributed by atoms with Crippen molar-refractivity contribution in [3.8, 4) is 0 Å². The standard InChI is InChI=1S/C19H23N5OS2/c1-12-15-17(20-9-14-5-4-8-26-14)21-11-22-18(15)27-16(12)19(25)24-7-6-13(10-24)23(2)3/h4-5,8,11,13H,6-7,9-10H2,1-3H3,(H,20,21,22). The maximum Gasteiger partial charge on any atom is 0.264 e.